The van der Waals surface area contributed by atoms with Gasteiger partial charge in [-0.25, -0.2) is 9.18 Å². The number of hydrogen-bond acceptors (Lipinski definition) is 4. The van der Waals surface area contributed by atoms with E-state index < -0.39 is 0 Å². The van der Waals surface area contributed by atoms with Crippen LogP contribution in [-0.4, -0.2) is 25.0 Å². The summed E-state index contributed by atoms with van der Waals surface area (Å²) in [4.78, 5) is 25.9. The largest absolute Gasteiger partial charge is 0.462 e. The minimum atomic E-state index is -0.344. The molecule has 2 aliphatic rings. The molecule has 2 aliphatic heterocycles. The van der Waals surface area contributed by atoms with Crippen LogP contribution >= 0.6 is 0 Å². The van der Waals surface area contributed by atoms with Gasteiger partial charge in [0, 0.05) is 24.3 Å². The molecule has 30 heavy (non-hydrogen) atoms. The van der Waals surface area contributed by atoms with Crippen LogP contribution in [0.2, 0.25) is 0 Å². The summed E-state index contributed by atoms with van der Waals surface area (Å²) in [5, 5.41) is 3.54. The zero-order chi connectivity index (χ0) is 21.5. The van der Waals surface area contributed by atoms with E-state index >= 15 is 0 Å². The van der Waals surface area contributed by atoms with Crippen molar-refractivity contribution in [1.29, 1.82) is 0 Å². The monoisotopic (exact) mass is 410 g/mol. The molecular weight excluding hydrogens is 383 g/mol. The van der Waals surface area contributed by atoms with Crippen LogP contribution in [0.25, 0.3) is 0 Å². The van der Waals surface area contributed by atoms with Crippen LogP contribution in [0, 0.1) is 11.2 Å². The van der Waals surface area contributed by atoms with Gasteiger partial charge >= 0.3 is 5.97 Å². The molecule has 1 saturated heterocycles. The number of ether oxygens (including phenoxy) is 1. The molecule has 0 aromatic heterocycles. The van der Waals surface area contributed by atoms with E-state index in [-0.39, 0.29) is 29.2 Å². The van der Waals surface area contributed by atoms with Crippen molar-refractivity contribution in [3.63, 3.8) is 0 Å². The first-order chi connectivity index (χ1) is 14.3. The Kier molecular flexibility index (Phi) is 5.26. The number of benzene rings is 2. The predicted molar refractivity (Wildman–Crippen MR) is 114 cm³/mol. The van der Waals surface area contributed by atoms with Crippen molar-refractivity contribution in [2.24, 2.45) is 5.41 Å². The molecule has 5 nitrogen and oxygen atoms in total. The highest BCUT2D eigenvalue weighted by Crippen LogP contribution is 2.46. The van der Waals surface area contributed by atoms with Gasteiger partial charge in [-0.1, -0.05) is 13.8 Å². The maximum atomic E-state index is 14.5. The van der Waals surface area contributed by atoms with Crippen molar-refractivity contribution in [1.82, 2.24) is 0 Å². The van der Waals surface area contributed by atoms with Crippen LogP contribution < -0.4 is 10.2 Å². The Labute approximate surface area is 176 Å². The van der Waals surface area contributed by atoms with E-state index in [1.807, 2.05) is 18.2 Å². The van der Waals surface area contributed by atoms with E-state index in [2.05, 4.69) is 19.2 Å². The molecule has 158 valence electrons. The lowest BCUT2D eigenvalue weighted by Crippen LogP contribution is -2.35. The van der Waals surface area contributed by atoms with E-state index in [0.29, 0.717) is 30.8 Å². The zero-order valence-electron chi connectivity index (χ0n) is 17.6. The molecule has 1 amide bonds. The van der Waals surface area contributed by atoms with Gasteiger partial charge in [-0.3, -0.25) is 4.79 Å². The van der Waals surface area contributed by atoms with Crippen molar-refractivity contribution >= 4 is 23.3 Å². The number of nitrogens with zero attached hydrogens (tertiary/aromatic N) is 1. The number of carbonyl (C=O) groups excluding carboxylic acids is 2. The van der Waals surface area contributed by atoms with Crippen LogP contribution in [-0.2, 0) is 16.0 Å². The molecular formula is C24H27FN2O3. The van der Waals surface area contributed by atoms with Gasteiger partial charge in [-0.2, -0.15) is 0 Å². The van der Waals surface area contributed by atoms with Crippen molar-refractivity contribution < 1.29 is 18.7 Å². The van der Waals surface area contributed by atoms with Gasteiger partial charge in [0.25, 0.3) is 0 Å². The number of esters is 1. The minimum Gasteiger partial charge on any atom is -0.462 e. The topological polar surface area (TPSA) is 58.6 Å². The van der Waals surface area contributed by atoms with Gasteiger partial charge in [-0.15, -0.1) is 0 Å². The molecule has 0 radical (unpaired) electrons. The summed E-state index contributed by atoms with van der Waals surface area (Å²) < 4.78 is 19.6. The summed E-state index contributed by atoms with van der Waals surface area (Å²) in [6, 6.07) is 10.3. The predicted octanol–water partition coefficient (Wildman–Crippen LogP) is 4.86. The molecule has 0 spiro atoms. The van der Waals surface area contributed by atoms with Crippen LogP contribution in [0.1, 0.15) is 61.1 Å². The second-order valence-electron chi connectivity index (χ2n) is 8.73. The third-order valence-corrected chi connectivity index (χ3v) is 5.97. The maximum Gasteiger partial charge on any atom is 0.338 e. The summed E-state index contributed by atoms with van der Waals surface area (Å²) in [6.07, 6.45) is 2.03. The highest BCUT2D eigenvalue weighted by atomic mass is 19.1. The Bertz CT molecular complexity index is 1000. The minimum absolute atomic E-state index is 0.0410. The van der Waals surface area contributed by atoms with Gasteiger partial charge < -0.3 is 15.0 Å². The second kappa shape index (κ2) is 7.74. The molecule has 4 rings (SSSR count). The first kappa shape index (κ1) is 20.4. The van der Waals surface area contributed by atoms with E-state index in [0.717, 1.165) is 29.7 Å². The van der Waals surface area contributed by atoms with Gasteiger partial charge in [0.1, 0.15) is 5.82 Å². The number of hydrogen-bond donors (Lipinski definition) is 1. The average Bonchev–Trinajstić information content (AvgIpc) is 3.12. The lowest BCUT2D eigenvalue weighted by atomic mass is 9.72. The van der Waals surface area contributed by atoms with Crippen molar-refractivity contribution in [3.05, 3.63) is 58.9 Å². The molecule has 6 heteroatoms. The fourth-order valence-corrected chi connectivity index (χ4v) is 4.54. The number of nitrogens with one attached hydrogen (secondary N) is 1. The van der Waals surface area contributed by atoms with Gasteiger partial charge in [0.15, 0.2) is 0 Å². The number of fused-ring (bicyclic) bond motifs is 1. The molecule has 2 aromatic rings. The Hall–Kier alpha value is -2.89. The molecule has 1 N–H and O–H groups in total. The number of halogens is 1. The Morgan fingerprint density at radius 2 is 2.07 bits per heavy atom. The van der Waals surface area contributed by atoms with E-state index in [9.17, 15) is 14.0 Å². The standard InChI is InChI=1S/C24H27FN2O3/c1-4-30-23(29)15-7-8-20-17(10-15)14-24(2,3)22(26-20)16-11-18(25)13-19(12-16)27-9-5-6-21(27)28/h7-8,10-13,22,26H,4-6,9,14H2,1-3H3. The summed E-state index contributed by atoms with van der Waals surface area (Å²) in [5.41, 5.74) is 3.69. The number of carbonyl (C=O) groups is 2. The summed E-state index contributed by atoms with van der Waals surface area (Å²) in [5.74, 6) is -0.632. The Morgan fingerprint density at radius 3 is 2.77 bits per heavy atom. The molecule has 1 atom stereocenters. The molecule has 0 saturated carbocycles. The maximum absolute atomic E-state index is 14.5. The first-order valence-corrected chi connectivity index (χ1v) is 10.5. The fourth-order valence-electron chi connectivity index (χ4n) is 4.54. The van der Waals surface area contributed by atoms with E-state index in [4.69, 9.17) is 4.74 Å². The van der Waals surface area contributed by atoms with Crippen molar-refractivity contribution in [2.45, 2.75) is 46.1 Å². The van der Waals surface area contributed by atoms with Crippen molar-refractivity contribution in [2.75, 3.05) is 23.4 Å². The molecule has 1 unspecified atom stereocenters. The van der Waals surface area contributed by atoms with Crippen LogP contribution in [0.4, 0.5) is 15.8 Å². The van der Waals surface area contributed by atoms with E-state index in [1.165, 1.54) is 6.07 Å². The number of anilines is 2. The highest BCUT2D eigenvalue weighted by molar-refractivity contribution is 5.95. The molecule has 2 aromatic carbocycles. The van der Waals surface area contributed by atoms with Crippen molar-refractivity contribution in [3.8, 4) is 0 Å². The Morgan fingerprint density at radius 1 is 1.27 bits per heavy atom. The molecule has 1 fully saturated rings. The zero-order valence-corrected chi connectivity index (χ0v) is 17.6. The lowest BCUT2D eigenvalue weighted by molar-refractivity contribution is -0.117. The Balaban J connectivity index is 1.67. The van der Waals surface area contributed by atoms with Crippen LogP contribution in [0.15, 0.2) is 36.4 Å². The van der Waals surface area contributed by atoms with Gasteiger partial charge in [-0.05, 0) is 72.7 Å². The second-order valence-corrected chi connectivity index (χ2v) is 8.73. The summed E-state index contributed by atoms with van der Waals surface area (Å²) in [7, 11) is 0. The summed E-state index contributed by atoms with van der Waals surface area (Å²) >= 11 is 0. The smallest absolute Gasteiger partial charge is 0.338 e. The first-order valence-electron chi connectivity index (χ1n) is 10.5. The van der Waals surface area contributed by atoms with Crippen LogP contribution in [0.5, 0.6) is 0 Å². The summed E-state index contributed by atoms with van der Waals surface area (Å²) in [6.45, 7) is 6.99. The third-order valence-electron chi connectivity index (χ3n) is 5.97. The fraction of sp³-hybridized carbons (Fsp3) is 0.417. The molecule has 0 bridgehead atoms. The molecule has 0 aliphatic carbocycles. The van der Waals surface area contributed by atoms with Crippen LogP contribution in [0.3, 0.4) is 0 Å². The average molecular weight is 410 g/mol. The third kappa shape index (κ3) is 3.78. The molecule has 2 heterocycles. The van der Waals surface area contributed by atoms with Gasteiger partial charge in [0.2, 0.25) is 5.91 Å². The number of rotatable bonds is 4. The quantitative estimate of drug-likeness (QED) is 0.731. The lowest BCUT2D eigenvalue weighted by Gasteiger charge is -2.41. The highest BCUT2D eigenvalue weighted by Gasteiger charge is 2.37. The van der Waals surface area contributed by atoms with E-state index in [1.54, 1.807) is 24.0 Å². The number of amides is 1. The SMILES string of the molecule is CCOC(=O)c1ccc2c(c1)CC(C)(C)C(c1cc(F)cc(N3CCCC3=O)c1)N2. The van der Waals surface area contributed by atoms with Gasteiger partial charge in [0.05, 0.1) is 18.2 Å². The normalized spacial score (nSPS) is 19.9.